The minimum Gasteiger partial charge on any atom is -0.480 e. The predicted molar refractivity (Wildman–Crippen MR) is 170 cm³/mol. The SMILES string of the molecule is O=C(O)C(Cc1ccc(Br)cc1)NCc1ccc(CN(CCNCc2ccccn2)CCNCc2ccccn2)cc1. The highest BCUT2D eigenvalue weighted by Gasteiger charge is 2.17. The fourth-order valence-electron chi connectivity index (χ4n) is 4.55. The minimum absolute atomic E-state index is 0.429. The first-order chi connectivity index (χ1) is 20.5. The van der Waals surface area contributed by atoms with Crippen LogP contribution >= 0.6 is 15.9 Å². The largest absolute Gasteiger partial charge is 0.480 e. The fourth-order valence-corrected chi connectivity index (χ4v) is 4.81. The summed E-state index contributed by atoms with van der Waals surface area (Å²) in [4.78, 5) is 23.1. The first kappa shape index (κ1) is 31.5. The molecule has 0 saturated heterocycles. The Bertz CT molecular complexity index is 1280. The zero-order chi connectivity index (χ0) is 29.4. The molecule has 1 atom stereocenters. The monoisotopic (exact) mass is 630 g/mol. The number of rotatable bonds is 18. The van der Waals surface area contributed by atoms with Crippen molar-refractivity contribution in [2.24, 2.45) is 0 Å². The highest BCUT2D eigenvalue weighted by molar-refractivity contribution is 9.10. The van der Waals surface area contributed by atoms with E-state index in [-0.39, 0.29) is 0 Å². The Balaban J connectivity index is 1.27. The van der Waals surface area contributed by atoms with Crippen LogP contribution in [0.1, 0.15) is 28.1 Å². The summed E-state index contributed by atoms with van der Waals surface area (Å²) in [6, 6.07) is 27.5. The molecule has 4 aromatic rings. The zero-order valence-corrected chi connectivity index (χ0v) is 25.3. The second-order valence-corrected chi connectivity index (χ2v) is 11.1. The molecule has 0 radical (unpaired) electrons. The third-order valence-corrected chi connectivity index (χ3v) is 7.44. The number of halogens is 1. The van der Waals surface area contributed by atoms with Crippen LogP contribution in [-0.4, -0.2) is 58.2 Å². The van der Waals surface area contributed by atoms with Crippen molar-refractivity contribution in [1.82, 2.24) is 30.8 Å². The van der Waals surface area contributed by atoms with E-state index in [1.54, 1.807) is 0 Å². The first-order valence-electron chi connectivity index (χ1n) is 14.3. The molecule has 0 aliphatic heterocycles. The molecule has 2 heterocycles. The van der Waals surface area contributed by atoms with Gasteiger partial charge in [0.25, 0.3) is 0 Å². The number of hydrogen-bond acceptors (Lipinski definition) is 7. The van der Waals surface area contributed by atoms with Crippen LogP contribution in [0.5, 0.6) is 0 Å². The molecule has 0 bridgehead atoms. The summed E-state index contributed by atoms with van der Waals surface area (Å²) in [6.07, 6.45) is 4.07. The van der Waals surface area contributed by atoms with Crippen LogP contribution in [0.15, 0.2) is 102 Å². The van der Waals surface area contributed by atoms with Crippen LogP contribution in [0.2, 0.25) is 0 Å². The topological polar surface area (TPSA) is 102 Å². The van der Waals surface area contributed by atoms with Crippen molar-refractivity contribution in [3.63, 3.8) is 0 Å². The van der Waals surface area contributed by atoms with Crippen molar-refractivity contribution >= 4 is 21.9 Å². The molecular formula is C33H39BrN6O2. The smallest absolute Gasteiger partial charge is 0.321 e. The number of aliphatic carboxylic acids is 1. The van der Waals surface area contributed by atoms with Crippen molar-refractivity contribution in [3.05, 3.63) is 130 Å². The van der Waals surface area contributed by atoms with Crippen LogP contribution in [0.4, 0.5) is 0 Å². The molecule has 0 amide bonds. The van der Waals surface area contributed by atoms with Gasteiger partial charge in [-0.1, -0.05) is 64.5 Å². The van der Waals surface area contributed by atoms with E-state index in [0.717, 1.165) is 72.8 Å². The summed E-state index contributed by atoms with van der Waals surface area (Å²) in [5.74, 6) is -0.849. The average Bonchev–Trinajstić information content (AvgIpc) is 3.02. The normalized spacial score (nSPS) is 12.0. The van der Waals surface area contributed by atoms with Crippen molar-refractivity contribution < 1.29 is 9.90 Å². The van der Waals surface area contributed by atoms with Gasteiger partial charge in [-0.3, -0.25) is 19.7 Å². The Hall–Kier alpha value is -3.47. The number of hydrogen-bond donors (Lipinski definition) is 4. The Morgan fingerprint density at radius 1 is 0.738 bits per heavy atom. The van der Waals surface area contributed by atoms with E-state index in [2.05, 4.69) is 71.0 Å². The summed E-state index contributed by atoms with van der Waals surface area (Å²) in [6.45, 7) is 6.32. The molecule has 0 spiro atoms. The Morgan fingerprint density at radius 2 is 1.29 bits per heavy atom. The van der Waals surface area contributed by atoms with Crippen molar-refractivity contribution in [2.75, 3.05) is 26.2 Å². The number of pyridine rings is 2. The number of aromatic nitrogens is 2. The first-order valence-corrected chi connectivity index (χ1v) is 15.1. The third kappa shape index (κ3) is 11.4. The molecule has 2 aromatic carbocycles. The van der Waals surface area contributed by atoms with Crippen molar-refractivity contribution in [1.29, 1.82) is 0 Å². The number of nitrogens with zero attached hydrogens (tertiary/aromatic N) is 3. The van der Waals surface area contributed by atoms with Gasteiger partial charge < -0.3 is 21.1 Å². The lowest BCUT2D eigenvalue weighted by Crippen LogP contribution is -2.38. The highest BCUT2D eigenvalue weighted by Crippen LogP contribution is 2.13. The molecule has 8 nitrogen and oxygen atoms in total. The molecule has 9 heteroatoms. The summed E-state index contributed by atoms with van der Waals surface area (Å²) in [7, 11) is 0. The van der Waals surface area contributed by atoms with Gasteiger partial charge >= 0.3 is 5.97 Å². The van der Waals surface area contributed by atoms with E-state index >= 15 is 0 Å². The molecule has 42 heavy (non-hydrogen) atoms. The molecule has 0 aliphatic rings. The summed E-state index contributed by atoms with van der Waals surface area (Å²) >= 11 is 3.43. The quantitative estimate of drug-likeness (QED) is 0.120. The van der Waals surface area contributed by atoms with Crippen LogP contribution in [0.25, 0.3) is 0 Å². The maximum Gasteiger partial charge on any atom is 0.321 e. The van der Waals surface area contributed by atoms with E-state index in [0.29, 0.717) is 13.0 Å². The van der Waals surface area contributed by atoms with Gasteiger partial charge in [-0.2, -0.15) is 0 Å². The average molecular weight is 632 g/mol. The summed E-state index contributed by atoms with van der Waals surface area (Å²) in [5, 5.41) is 19.9. The maximum absolute atomic E-state index is 11.9. The molecular weight excluding hydrogens is 592 g/mol. The van der Waals surface area contributed by atoms with E-state index in [4.69, 9.17) is 0 Å². The van der Waals surface area contributed by atoms with Gasteiger partial charge in [0.05, 0.1) is 11.4 Å². The second-order valence-electron chi connectivity index (χ2n) is 10.2. The van der Waals surface area contributed by atoms with Crippen LogP contribution in [0, 0.1) is 0 Å². The number of carbonyl (C=O) groups is 1. The lowest BCUT2D eigenvalue weighted by molar-refractivity contribution is -0.139. The Labute approximate surface area is 256 Å². The van der Waals surface area contributed by atoms with Crippen LogP contribution in [-0.2, 0) is 37.4 Å². The summed E-state index contributed by atoms with van der Waals surface area (Å²) < 4.78 is 0.978. The lowest BCUT2D eigenvalue weighted by atomic mass is 10.1. The lowest BCUT2D eigenvalue weighted by Gasteiger charge is -2.23. The van der Waals surface area contributed by atoms with Gasteiger partial charge in [0.2, 0.25) is 0 Å². The summed E-state index contributed by atoms with van der Waals surface area (Å²) in [5.41, 5.74) is 5.33. The predicted octanol–water partition coefficient (Wildman–Crippen LogP) is 4.41. The van der Waals surface area contributed by atoms with E-state index < -0.39 is 12.0 Å². The van der Waals surface area contributed by atoms with Gasteiger partial charge in [-0.15, -0.1) is 0 Å². The number of carboxylic acid groups (broad SMARTS) is 1. The van der Waals surface area contributed by atoms with Crippen LogP contribution in [0.3, 0.4) is 0 Å². The molecule has 1 unspecified atom stereocenters. The van der Waals surface area contributed by atoms with Gasteiger partial charge in [-0.25, -0.2) is 0 Å². The maximum atomic E-state index is 11.9. The Morgan fingerprint density at radius 3 is 1.81 bits per heavy atom. The van der Waals surface area contributed by atoms with Gasteiger partial charge in [-0.05, 0) is 59.5 Å². The zero-order valence-electron chi connectivity index (χ0n) is 23.8. The highest BCUT2D eigenvalue weighted by atomic mass is 79.9. The van der Waals surface area contributed by atoms with E-state index in [1.165, 1.54) is 5.56 Å². The molecule has 0 aliphatic carbocycles. The van der Waals surface area contributed by atoms with E-state index in [9.17, 15) is 9.90 Å². The van der Waals surface area contributed by atoms with Crippen molar-refractivity contribution in [3.8, 4) is 0 Å². The van der Waals surface area contributed by atoms with Gasteiger partial charge in [0.1, 0.15) is 6.04 Å². The van der Waals surface area contributed by atoms with Crippen molar-refractivity contribution in [2.45, 2.75) is 38.6 Å². The molecule has 4 N–H and O–H groups in total. The third-order valence-electron chi connectivity index (χ3n) is 6.91. The van der Waals surface area contributed by atoms with Crippen LogP contribution < -0.4 is 16.0 Å². The number of benzene rings is 2. The second kappa shape index (κ2) is 17.5. The van der Waals surface area contributed by atoms with Gasteiger partial charge in [0, 0.05) is 69.2 Å². The molecule has 2 aromatic heterocycles. The van der Waals surface area contributed by atoms with E-state index in [1.807, 2.05) is 73.1 Å². The molecule has 4 rings (SSSR count). The number of nitrogens with one attached hydrogen (secondary N) is 3. The number of carboxylic acids is 1. The molecule has 0 fully saturated rings. The standard InChI is InChI=1S/C33H39BrN6O2/c34-29-13-11-26(12-14-29)21-32(33(41)42)39-22-27-7-9-28(10-8-27)25-40(19-17-35-23-30-5-1-3-15-37-30)20-18-36-24-31-6-2-4-16-38-31/h1-16,32,35-36,39H,17-25H2,(H,41,42). The Kier molecular flexibility index (Phi) is 13.1. The fraction of sp³-hybridized carbons (Fsp3) is 0.303. The molecule has 0 saturated carbocycles. The van der Waals surface area contributed by atoms with Gasteiger partial charge in [0.15, 0.2) is 0 Å². The molecule has 220 valence electrons. The minimum atomic E-state index is -0.849.